The lowest BCUT2D eigenvalue weighted by Crippen LogP contribution is -2.06. The zero-order chi connectivity index (χ0) is 13.3. The van der Waals surface area contributed by atoms with Gasteiger partial charge in [0.2, 0.25) is 0 Å². The fourth-order valence-electron chi connectivity index (χ4n) is 1.67. The van der Waals surface area contributed by atoms with Crippen molar-refractivity contribution >= 4 is 29.0 Å². The number of aryl methyl sites for hydroxylation is 1. The van der Waals surface area contributed by atoms with Crippen molar-refractivity contribution in [2.75, 3.05) is 5.73 Å². The number of nitrogens with zero attached hydrogens (tertiary/aromatic N) is 3. The van der Waals surface area contributed by atoms with E-state index >= 15 is 0 Å². The Morgan fingerprint density at radius 1 is 1.39 bits per heavy atom. The topological polar surface area (TPSA) is 67.6 Å². The first-order valence-electron chi connectivity index (χ1n) is 5.20. The first-order chi connectivity index (χ1) is 8.52. The highest BCUT2D eigenvalue weighted by atomic mass is 35.5. The maximum atomic E-state index is 8.94. The molecule has 0 spiro atoms. The van der Waals surface area contributed by atoms with Crippen molar-refractivity contribution in [1.29, 1.82) is 5.26 Å². The summed E-state index contributed by atoms with van der Waals surface area (Å²) in [6, 6.07) is 7.35. The molecule has 0 fully saturated rings. The number of aromatic nitrogens is 2. The molecule has 1 aromatic carbocycles. The summed E-state index contributed by atoms with van der Waals surface area (Å²) in [5.41, 5.74) is 7.80. The van der Waals surface area contributed by atoms with Crippen LogP contribution in [0.2, 0.25) is 10.0 Å². The van der Waals surface area contributed by atoms with Gasteiger partial charge >= 0.3 is 0 Å². The zero-order valence-electron chi connectivity index (χ0n) is 9.61. The van der Waals surface area contributed by atoms with Crippen LogP contribution in [0.5, 0.6) is 0 Å². The maximum absolute atomic E-state index is 8.94. The number of nitriles is 1. The lowest BCUT2D eigenvalue weighted by atomic mass is 10.2. The van der Waals surface area contributed by atoms with Crippen molar-refractivity contribution in [1.82, 2.24) is 9.78 Å². The van der Waals surface area contributed by atoms with Crippen LogP contribution >= 0.6 is 23.2 Å². The molecule has 92 valence electrons. The second kappa shape index (κ2) is 4.89. The quantitative estimate of drug-likeness (QED) is 0.920. The van der Waals surface area contributed by atoms with Gasteiger partial charge in [-0.1, -0.05) is 29.3 Å². The number of halogens is 2. The minimum absolute atomic E-state index is 0.362. The monoisotopic (exact) mass is 280 g/mol. The molecule has 6 heteroatoms. The van der Waals surface area contributed by atoms with Gasteiger partial charge in [0.1, 0.15) is 17.5 Å². The van der Waals surface area contributed by atoms with Crippen LogP contribution in [0.25, 0.3) is 0 Å². The largest absolute Gasteiger partial charge is 0.383 e. The van der Waals surface area contributed by atoms with Gasteiger partial charge in [-0.3, -0.25) is 0 Å². The molecule has 1 heterocycles. The van der Waals surface area contributed by atoms with Gasteiger partial charge in [-0.15, -0.1) is 0 Å². The molecule has 0 unspecified atom stereocenters. The summed E-state index contributed by atoms with van der Waals surface area (Å²) in [6.07, 6.45) is 0. The van der Waals surface area contributed by atoms with Crippen LogP contribution in [-0.4, -0.2) is 9.78 Å². The van der Waals surface area contributed by atoms with E-state index in [1.165, 1.54) is 0 Å². The van der Waals surface area contributed by atoms with Gasteiger partial charge in [0.25, 0.3) is 0 Å². The van der Waals surface area contributed by atoms with Crippen molar-refractivity contribution in [3.05, 3.63) is 45.1 Å². The summed E-state index contributed by atoms with van der Waals surface area (Å²) < 4.78 is 1.58. The standard InChI is InChI=1S/C12H10Cl2N4/c1-7-9(5-15)12(16)18(17-7)6-8-2-3-10(13)11(14)4-8/h2-4H,6,16H2,1H3. The SMILES string of the molecule is Cc1nn(Cc2ccc(Cl)c(Cl)c2)c(N)c1C#N. The Bertz CT molecular complexity index is 640. The van der Waals surface area contributed by atoms with E-state index in [-0.39, 0.29) is 0 Å². The normalized spacial score (nSPS) is 10.3. The molecule has 0 saturated carbocycles. The highest BCUT2D eigenvalue weighted by Crippen LogP contribution is 2.24. The molecule has 1 aromatic heterocycles. The summed E-state index contributed by atoms with van der Waals surface area (Å²) in [6.45, 7) is 2.20. The third-order valence-corrected chi connectivity index (χ3v) is 3.33. The van der Waals surface area contributed by atoms with Gasteiger partial charge < -0.3 is 5.73 Å². The lowest BCUT2D eigenvalue weighted by Gasteiger charge is -2.05. The van der Waals surface area contributed by atoms with Crippen molar-refractivity contribution in [2.45, 2.75) is 13.5 Å². The molecule has 0 aliphatic rings. The Balaban J connectivity index is 2.35. The van der Waals surface area contributed by atoms with E-state index in [4.69, 9.17) is 34.2 Å². The summed E-state index contributed by atoms with van der Waals surface area (Å²) in [5, 5.41) is 14.1. The van der Waals surface area contributed by atoms with Gasteiger partial charge in [-0.05, 0) is 24.6 Å². The highest BCUT2D eigenvalue weighted by Gasteiger charge is 2.12. The fourth-order valence-corrected chi connectivity index (χ4v) is 1.99. The van der Waals surface area contributed by atoms with Gasteiger partial charge in [0.05, 0.1) is 22.3 Å². The van der Waals surface area contributed by atoms with Crippen LogP contribution in [0, 0.1) is 18.3 Å². The van der Waals surface area contributed by atoms with E-state index in [0.717, 1.165) is 5.56 Å². The van der Waals surface area contributed by atoms with Crippen LogP contribution in [-0.2, 0) is 6.54 Å². The number of anilines is 1. The van der Waals surface area contributed by atoms with Crippen LogP contribution in [0.15, 0.2) is 18.2 Å². The Hall–Kier alpha value is -1.70. The lowest BCUT2D eigenvalue weighted by molar-refractivity contribution is 0.689. The van der Waals surface area contributed by atoms with E-state index in [2.05, 4.69) is 5.10 Å². The van der Waals surface area contributed by atoms with Gasteiger partial charge in [-0.25, -0.2) is 4.68 Å². The molecule has 2 aromatic rings. The predicted octanol–water partition coefficient (Wildman–Crippen LogP) is 3.00. The predicted molar refractivity (Wildman–Crippen MR) is 71.7 cm³/mol. The van der Waals surface area contributed by atoms with Gasteiger partial charge in [0, 0.05) is 0 Å². The van der Waals surface area contributed by atoms with E-state index < -0.39 is 0 Å². The second-order valence-corrected chi connectivity index (χ2v) is 4.68. The summed E-state index contributed by atoms with van der Waals surface area (Å²) in [5.74, 6) is 0.362. The molecule has 0 aliphatic carbocycles. The average Bonchev–Trinajstić information content (AvgIpc) is 2.59. The molecule has 0 amide bonds. The average molecular weight is 281 g/mol. The molecule has 0 saturated heterocycles. The number of hydrogen-bond donors (Lipinski definition) is 1. The first kappa shape index (κ1) is 12.7. The van der Waals surface area contributed by atoms with Crippen molar-refractivity contribution in [2.24, 2.45) is 0 Å². The second-order valence-electron chi connectivity index (χ2n) is 3.86. The molecule has 2 N–H and O–H groups in total. The molecule has 0 radical (unpaired) electrons. The molecule has 0 atom stereocenters. The number of nitrogens with two attached hydrogens (primary N) is 1. The van der Waals surface area contributed by atoms with Gasteiger partial charge in [-0.2, -0.15) is 10.4 Å². The van der Waals surface area contributed by atoms with Crippen molar-refractivity contribution in [3.8, 4) is 6.07 Å². The Labute approximate surface area is 115 Å². The minimum atomic E-state index is 0.362. The maximum Gasteiger partial charge on any atom is 0.140 e. The Morgan fingerprint density at radius 2 is 2.11 bits per heavy atom. The van der Waals surface area contributed by atoms with Crippen LogP contribution in [0.3, 0.4) is 0 Å². The van der Waals surface area contributed by atoms with Crippen molar-refractivity contribution < 1.29 is 0 Å². The number of rotatable bonds is 2. The number of nitrogen functional groups attached to an aromatic ring is 1. The molecule has 4 nitrogen and oxygen atoms in total. The Morgan fingerprint density at radius 3 is 2.67 bits per heavy atom. The molecular weight excluding hydrogens is 271 g/mol. The minimum Gasteiger partial charge on any atom is -0.383 e. The van der Waals surface area contributed by atoms with Crippen LogP contribution in [0.4, 0.5) is 5.82 Å². The Kier molecular flexibility index (Phi) is 3.46. The summed E-state index contributed by atoms with van der Waals surface area (Å²) in [4.78, 5) is 0. The first-order valence-corrected chi connectivity index (χ1v) is 5.95. The molecule has 18 heavy (non-hydrogen) atoms. The molecule has 2 rings (SSSR count). The third-order valence-electron chi connectivity index (χ3n) is 2.59. The fraction of sp³-hybridized carbons (Fsp3) is 0.167. The van der Waals surface area contributed by atoms with Crippen LogP contribution in [0.1, 0.15) is 16.8 Å². The summed E-state index contributed by atoms with van der Waals surface area (Å²) >= 11 is 11.8. The van der Waals surface area contributed by atoms with E-state index in [1.807, 2.05) is 12.1 Å². The summed E-state index contributed by atoms with van der Waals surface area (Å²) in [7, 11) is 0. The molecule has 0 bridgehead atoms. The van der Waals surface area contributed by atoms with Gasteiger partial charge in [0.15, 0.2) is 0 Å². The van der Waals surface area contributed by atoms with E-state index in [0.29, 0.717) is 33.7 Å². The number of benzene rings is 1. The van der Waals surface area contributed by atoms with E-state index in [9.17, 15) is 0 Å². The third kappa shape index (κ3) is 2.28. The molecule has 0 aliphatic heterocycles. The van der Waals surface area contributed by atoms with Crippen LogP contribution < -0.4 is 5.73 Å². The smallest absolute Gasteiger partial charge is 0.140 e. The van der Waals surface area contributed by atoms with Crippen molar-refractivity contribution in [3.63, 3.8) is 0 Å². The zero-order valence-corrected chi connectivity index (χ0v) is 11.1. The highest BCUT2D eigenvalue weighted by molar-refractivity contribution is 6.42. The van der Waals surface area contributed by atoms with E-state index in [1.54, 1.807) is 23.7 Å². The number of hydrogen-bond acceptors (Lipinski definition) is 3. The molecular formula is C12H10Cl2N4.